The Morgan fingerprint density at radius 3 is 2.56 bits per heavy atom. The summed E-state index contributed by atoms with van der Waals surface area (Å²) in [6.45, 7) is -0.595. The van der Waals surface area contributed by atoms with Crippen LogP contribution in [0.15, 0.2) is 53.4 Å². The number of ether oxygens (including phenoxy) is 1. The summed E-state index contributed by atoms with van der Waals surface area (Å²) in [4.78, 5) is 36.6. The fraction of sp³-hybridized carbons (Fsp3) is 0.105. The van der Waals surface area contributed by atoms with E-state index in [0.717, 1.165) is 16.7 Å². The average molecular weight is 386 g/mol. The molecule has 8 heteroatoms. The van der Waals surface area contributed by atoms with E-state index in [1.165, 1.54) is 30.3 Å². The normalized spacial score (nSPS) is 15.4. The lowest BCUT2D eigenvalue weighted by Crippen LogP contribution is -2.29. The van der Waals surface area contributed by atoms with Gasteiger partial charge in [0.25, 0.3) is 11.1 Å². The van der Waals surface area contributed by atoms with Crippen molar-refractivity contribution in [2.24, 2.45) is 0 Å². The van der Waals surface area contributed by atoms with Gasteiger partial charge in [0, 0.05) is 5.56 Å². The first-order chi connectivity index (χ1) is 12.9. The van der Waals surface area contributed by atoms with Crippen molar-refractivity contribution in [1.82, 2.24) is 4.90 Å². The molecular weight excluding hydrogens is 373 g/mol. The number of para-hydroxylation sites is 1. The molecule has 2 aromatic carbocycles. The second-order valence-electron chi connectivity index (χ2n) is 5.59. The summed E-state index contributed by atoms with van der Waals surface area (Å²) in [7, 11) is 0. The molecule has 0 aliphatic carbocycles. The third-order valence-electron chi connectivity index (χ3n) is 3.68. The van der Waals surface area contributed by atoms with Crippen LogP contribution < -0.4 is 9.84 Å². The lowest BCUT2D eigenvalue weighted by molar-refractivity contribution is -0.307. The van der Waals surface area contributed by atoms with Gasteiger partial charge in [-0.1, -0.05) is 30.3 Å². The molecule has 0 bridgehead atoms. The maximum Gasteiger partial charge on any atom is 0.293 e. The third-order valence-corrected chi connectivity index (χ3v) is 4.59. The van der Waals surface area contributed by atoms with Crippen LogP contribution in [0.5, 0.6) is 5.75 Å². The van der Waals surface area contributed by atoms with Crippen LogP contribution in [-0.2, 0) is 16.1 Å². The number of halogens is 1. The summed E-state index contributed by atoms with van der Waals surface area (Å²) in [5, 5.41) is 10.1. The molecule has 27 heavy (non-hydrogen) atoms. The molecule has 1 saturated heterocycles. The maximum absolute atomic E-state index is 13.0. The quantitative estimate of drug-likeness (QED) is 0.708. The molecule has 0 radical (unpaired) electrons. The van der Waals surface area contributed by atoms with Gasteiger partial charge < -0.3 is 14.6 Å². The van der Waals surface area contributed by atoms with Crippen LogP contribution in [0.3, 0.4) is 0 Å². The number of hydrogen-bond donors (Lipinski definition) is 0. The zero-order chi connectivity index (χ0) is 19.4. The molecule has 1 heterocycles. The van der Waals surface area contributed by atoms with E-state index in [1.807, 2.05) is 0 Å². The van der Waals surface area contributed by atoms with Crippen LogP contribution >= 0.6 is 11.8 Å². The predicted octanol–water partition coefficient (Wildman–Crippen LogP) is 2.19. The fourth-order valence-corrected chi connectivity index (χ4v) is 3.25. The Morgan fingerprint density at radius 2 is 1.85 bits per heavy atom. The van der Waals surface area contributed by atoms with Crippen molar-refractivity contribution in [3.63, 3.8) is 0 Å². The van der Waals surface area contributed by atoms with E-state index in [2.05, 4.69) is 0 Å². The smallest absolute Gasteiger partial charge is 0.293 e. The standard InChI is InChI=1S/C19H14FNO5S/c20-14-7-5-12(6-8-14)10-21-18(24)16(27-19(21)25)9-13-3-1-2-4-15(13)26-11-17(22)23/h1-9H,10-11H2,(H,22,23)/p-1/b16-9-. The highest BCUT2D eigenvalue weighted by atomic mass is 32.2. The predicted molar refractivity (Wildman–Crippen MR) is 94.9 cm³/mol. The largest absolute Gasteiger partial charge is 0.546 e. The van der Waals surface area contributed by atoms with E-state index in [9.17, 15) is 23.9 Å². The molecule has 138 valence electrons. The molecule has 0 unspecified atom stereocenters. The number of nitrogens with zero attached hydrogens (tertiary/aromatic N) is 1. The van der Waals surface area contributed by atoms with Crippen LogP contribution in [0.2, 0.25) is 0 Å². The Hall–Kier alpha value is -3.13. The number of hydrogen-bond acceptors (Lipinski definition) is 6. The van der Waals surface area contributed by atoms with Gasteiger partial charge in [0.1, 0.15) is 18.2 Å². The lowest BCUT2D eigenvalue weighted by Gasteiger charge is -2.12. The molecule has 0 saturated carbocycles. The fourth-order valence-electron chi connectivity index (χ4n) is 2.42. The Balaban J connectivity index is 1.80. The van der Waals surface area contributed by atoms with Gasteiger partial charge >= 0.3 is 0 Å². The zero-order valence-electron chi connectivity index (χ0n) is 13.9. The highest BCUT2D eigenvalue weighted by Gasteiger charge is 2.35. The second-order valence-corrected chi connectivity index (χ2v) is 6.59. The van der Waals surface area contributed by atoms with Crippen LogP contribution in [-0.4, -0.2) is 28.6 Å². The number of rotatable bonds is 6. The molecular formula is C19H13FNO5S-. The van der Waals surface area contributed by atoms with Gasteiger partial charge in [0.15, 0.2) is 0 Å². The van der Waals surface area contributed by atoms with E-state index >= 15 is 0 Å². The highest BCUT2D eigenvalue weighted by molar-refractivity contribution is 8.18. The molecule has 2 amide bonds. The summed E-state index contributed by atoms with van der Waals surface area (Å²) in [6.07, 6.45) is 1.47. The van der Waals surface area contributed by atoms with Gasteiger partial charge in [-0.3, -0.25) is 14.5 Å². The molecule has 0 spiro atoms. The first kappa shape index (κ1) is 18.7. The number of thioether (sulfide) groups is 1. The minimum Gasteiger partial charge on any atom is -0.546 e. The van der Waals surface area contributed by atoms with Gasteiger partial charge in [-0.2, -0.15) is 0 Å². The summed E-state index contributed by atoms with van der Waals surface area (Å²) >= 11 is 0.772. The number of carbonyl (C=O) groups is 3. The molecule has 0 aromatic heterocycles. The minimum absolute atomic E-state index is 0.0329. The van der Waals surface area contributed by atoms with E-state index in [4.69, 9.17) is 4.74 Å². The van der Waals surface area contributed by atoms with E-state index in [0.29, 0.717) is 11.1 Å². The number of imide groups is 1. The first-order valence-corrected chi connectivity index (χ1v) is 8.67. The van der Waals surface area contributed by atoms with Gasteiger partial charge in [0.2, 0.25) is 0 Å². The molecule has 1 aliphatic rings. The number of carboxylic acids is 1. The third kappa shape index (κ3) is 4.53. The van der Waals surface area contributed by atoms with Crippen molar-refractivity contribution >= 4 is 35.0 Å². The van der Waals surface area contributed by atoms with Crippen LogP contribution in [0, 0.1) is 5.82 Å². The van der Waals surface area contributed by atoms with Crippen molar-refractivity contribution in [2.45, 2.75) is 6.54 Å². The number of aliphatic carboxylic acids is 1. The summed E-state index contributed by atoms with van der Waals surface area (Å²) in [5.41, 5.74) is 1.09. The van der Waals surface area contributed by atoms with Crippen LogP contribution in [0.4, 0.5) is 9.18 Å². The molecule has 2 aromatic rings. The molecule has 1 aliphatic heterocycles. The van der Waals surface area contributed by atoms with E-state index in [1.54, 1.807) is 24.3 Å². The Morgan fingerprint density at radius 1 is 1.15 bits per heavy atom. The van der Waals surface area contributed by atoms with Crippen LogP contribution in [0.1, 0.15) is 11.1 Å². The van der Waals surface area contributed by atoms with Gasteiger partial charge in [0.05, 0.1) is 17.4 Å². The molecule has 1 fully saturated rings. The minimum atomic E-state index is -1.37. The Kier molecular flexibility index (Phi) is 5.56. The molecule has 6 nitrogen and oxygen atoms in total. The Labute approximate surface area is 158 Å². The average Bonchev–Trinajstić information content (AvgIpc) is 2.90. The van der Waals surface area contributed by atoms with Crippen molar-refractivity contribution in [3.05, 3.63) is 70.4 Å². The number of benzene rings is 2. The first-order valence-electron chi connectivity index (χ1n) is 7.85. The van der Waals surface area contributed by atoms with Gasteiger partial charge in [-0.15, -0.1) is 0 Å². The molecule has 0 atom stereocenters. The number of amides is 2. The van der Waals surface area contributed by atoms with Crippen molar-refractivity contribution in [2.75, 3.05) is 6.61 Å². The van der Waals surface area contributed by atoms with Crippen molar-refractivity contribution in [3.8, 4) is 5.75 Å². The Bertz CT molecular complexity index is 926. The summed E-state index contributed by atoms with van der Waals surface area (Å²) in [6, 6.07) is 12.1. The molecule has 0 N–H and O–H groups in total. The lowest BCUT2D eigenvalue weighted by atomic mass is 10.1. The van der Waals surface area contributed by atoms with Crippen molar-refractivity contribution < 1.29 is 28.6 Å². The van der Waals surface area contributed by atoms with E-state index < -0.39 is 29.5 Å². The summed E-state index contributed by atoms with van der Waals surface area (Å²) < 4.78 is 18.1. The van der Waals surface area contributed by atoms with Crippen molar-refractivity contribution in [1.29, 1.82) is 0 Å². The highest BCUT2D eigenvalue weighted by Crippen LogP contribution is 2.34. The van der Waals surface area contributed by atoms with Gasteiger partial charge in [-0.25, -0.2) is 4.39 Å². The second kappa shape index (κ2) is 8.05. The van der Waals surface area contributed by atoms with E-state index in [-0.39, 0.29) is 17.2 Å². The maximum atomic E-state index is 13.0. The monoisotopic (exact) mass is 386 g/mol. The zero-order valence-corrected chi connectivity index (χ0v) is 14.7. The van der Waals surface area contributed by atoms with Crippen LogP contribution in [0.25, 0.3) is 6.08 Å². The SMILES string of the molecule is O=C([O-])COc1ccccc1/C=C1\SC(=O)N(Cc2ccc(F)cc2)C1=O. The number of carbonyl (C=O) groups excluding carboxylic acids is 3. The number of carboxylic acid groups (broad SMARTS) is 1. The van der Waals surface area contributed by atoms with Gasteiger partial charge in [-0.05, 0) is 41.6 Å². The topological polar surface area (TPSA) is 86.7 Å². The molecule has 3 rings (SSSR count). The summed E-state index contributed by atoms with van der Waals surface area (Å²) in [5.74, 6) is -2.00.